The number of rotatable bonds is 4. The fourth-order valence-electron chi connectivity index (χ4n) is 3.31. The van der Waals surface area contributed by atoms with Crippen molar-refractivity contribution in [3.8, 4) is 0 Å². The lowest BCUT2D eigenvalue weighted by Gasteiger charge is -2.26. The zero-order valence-corrected chi connectivity index (χ0v) is 15.7. The van der Waals surface area contributed by atoms with Gasteiger partial charge in [-0.2, -0.15) is 0 Å². The maximum Gasteiger partial charge on any atom is 0.102 e. The van der Waals surface area contributed by atoms with Crippen LogP contribution in [0.25, 0.3) is 16.6 Å². The molecule has 1 aliphatic heterocycles. The van der Waals surface area contributed by atoms with Crippen molar-refractivity contribution in [3.63, 3.8) is 0 Å². The van der Waals surface area contributed by atoms with Crippen molar-refractivity contribution in [1.29, 1.82) is 0 Å². The van der Waals surface area contributed by atoms with Gasteiger partial charge in [-0.25, -0.2) is 4.98 Å². The Labute approximate surface area is 155 Å². The van der Waals surface area contributed by atoms with Crippen molar-refractivity contribution < 1.29 is 0 Å². The Bertz CT molecular complexity index is 867. The fraction of sp³-hybridized carbons (Fsp3) is 0.250. The van der Waals surface area contributed by atoms with Gasteiger partial charge in [0.15, 0.2) is 0 Å². The zero-order valence-electron chi connectivity index (χ0n) is 13.5. The van der Waals surface area contributed by atoms with Crippen LogP contribution in [0.3, 0.4) is 0 Å². The Balaban J connectivity index is 1.45. The summed E-state index contributed by atoms with van der Waals surface area (Å²) in [5.41, 5.74) is 6.34. The van der Waals surface area contributed by atoms with Crippen LogP contribution in [0.1, 0.15) is 17.5 Å². The van der Waals surface area contributed by atoms with Gasteiger partial charge in [-0.05, 0) is 58.7 Å². The Hall–Kier alpha value is -1.66. The van der Waals surface area contributed by atoms with Gasteiger partial charge in [0.25, 0.3) is 0 Å². The van der Waals surface area contributed by atoms with E-state index in [1.54, 1.807) is 0 Å². The van der Waals surface area contributed by atoms with E-state index in [4.69, 9.17) is 4.98 Å². The van der Waals surface area contributed by atoms with Crippen LogP contribution >= 0.6 is 22.6 Å². The summed E-state index contributed by atoms with van der Waals surface area (Å²) >= 11 is 2.28. The number of nitrogens with zero attached hydrogens (tertiary/aromatic N) is 2. The van der Waals surface area contributed by atoms with E-state index >= 15 is 0 Å². The van der Waals surface area contributed by atoms with Gasteiger partial charge in [-0.3, -0.25) is 4.90 Å². The second-order valence-electron chi connectivity index (χ2n) is 6.25. The summed E-state index contributed by atoms with van der Waals surface area (Å²) in [6, 6.07) is 14.9. The average Bonchev–Trinajstić information content (AvgIpc) is 3.04. The normalized spacial score (nSPS) is 15.6. The van der Waals surface area contributed by atoms with E-state index in [1.807, 2.05) is 6.07 Å². The van der Waals surface area contributed by atoms with E-state index in [2.05, 4.69) is 81.1 Å². The predicted molar refractivity (Wildman–Crippen MR) is 108 cm³/mol. The lowest BCUT2D eigenvalue weighted by molar-refractivity contribution is 0.306. The molecule has 1 aromatic carbocycles. The SMILES string of the molecule is Ic1ccc2[nH]cc(C3=CCN(CCc4ccccc4)CC3)c2n1. The quantitative estimate of drug-likeness (QED) is 0.489. The molecule has 4 rings (SSSR count). The number of hydrogen-bond acceptors (Lipinski definition) is 2. The van der Waals surface area contributed by atoms with Gasteiger partial charge in [0.2, 0.25) is 0 Å². The summed E-state index contributed by atoms with van der Waals surface area (Å²) in [5, 5.41) is 0. The molecule has 0 spiro atoms. The summed E-state index contributed by atoms with van der Waals surface area (Å²) in [7, 11) is 0. The van der Waals surface area contributed by atoms with Gasteiger partial charge in [-0.1, -0.05) is 36.4 Å². The number of H-pyrrole nitrogens is 1. The predicted octanol–water partition coefficient (Wildman–Crippen LogP) is 4.50. The van der Waals surface area contributed by atoms with Crippen molar-refractivity contribution in [2.24, 2.45) is 0 Å². The molecule has 0 radical (unpaired) electrons. The maximum absolute atomic E-state index is 4.71. The number of nitrogens with one attached hydrogen (secondary N) is 1. The van der Waals surface area contributed by atoms with Crippen molar-refractivity contribution in [2.45, 2.75) is 12.8 Å². The molecular weight excluding hydrogens is 409 g/mol. The minimum absolute atomic E-state index is 1.03. The molecule has 122 valence electrons. The fourth-order valence-corrected chi connectivity index (χ4v) is 3.73. The highest BCUT2D eigenvalue weighted by Gasteiger charge is 2.16. The first-order valence-electron chi connectivity index (χ1n) is 8.39. The van der Waals surface area contributed by atoms with Crippen LogP contribution in [0.15, 0.2) is 54.7 Å². The molecule has 3 aromatic rings. The molecule has 3 heterocycles. The topological polar surface area (TPSA) is 31.9 Å². The van der Waals surface area contributed by atoms with E-state index < -0.39 is 0 Å². The molecule has 0 bridgehead atoms. The lowest BCUT2D eigenvalue weighted by atomic mass is 10.0. The van der Waals surface area contributed by atoms with E-state index in [9.17, 15) is 0 Å². The summed E-state index contributed by atoms with van der Waals surface area (Å²) in [4.78, 5) is 10.6. The Morgan fingerprint density at radius 3 is 2.79 bits per heavy atom. The summed E-state index contributed by atoms with van der Waals surface area (Å²) < 4.78 is 1.04. The third-order valence-electron chi connectivity index (χ3n) is 4.69. The number of aromatic nitrogens is 2. The average molecular weight is 429 g/mol. The third-order valence-corrected chi connectivity index (χ3v) is 5.29. The first-order chi connectivity index (χ1) is 11.8. The van der Waals surface area contributed by atoms with E-state index in [0.717, 1.165) is 47.2 Å². The molecular formula is C20H20IN3. The Kier molecular flexibility index (Phi) is 4.67. The number of hydrogen-bond donors (Lipinski definition) is 1. The highest BCUT2D eigenvalue weighted by Crippen LogP contribution is 2.28. The van der Waals surface area contributed by atoms with Crippen LogP contribution < -0.4 is 0 Å². The van der Waals surface area contributed by atoms with E-state index in [-0.39, 0.29) is 0 Å². The minimum Gasteiger partial charge on any atom is -0.359 e. The molecule has 4 heteroatoms. The number of fused-ring (bicyclic) bond motifs is 1. The molecule has 0 saturated carbocycles. The van der Waals surface area contributed by atoms with Crippen molar-refractivity contribution >= 4 is 39.2 Å². The largest absolute Gasteiger partial charge is 0.359 e. The minimum atomic E-state index is 1.03. The molecule has 0 atom stereocenters. The zero-order chi connectivity index (χ0) is 16.4. The van der Waals surface area contributed by atoms with Crippen LogP contribution in [-0.2, 0) is 6.42 Å². The smallest absolute Gasteiger partial charge is 0.102 e. The molecule has 3 nitrogen and oxygen atoms in total. The third kappa shape index (κ3) is 3.39. The Morgan fingerprint density at radius 1 is 1.12 bits per heavy atom. The molecule has 1 N–H and O–H groups in total. The van der Waals surface area contributed by atoms with Crippen molar-refractivity contribution in [2.75, 3.05) is 19.6 Å². The van der Waals surface area contributed by atoms with Gasteiger partial charge >= 0.3 is 0 Å². The van der Waals surface area contributed by atoms with E-state index in [0.29, 0.717) is 0 Å². The molecule has 0 aliphatic carbocycles. The Morgan fingerprint density at radius 2 is 2.00 bits per heavy atom. The molecule has 2 aromatic heterocycles. The van der Waals surface area contributed by atoms with Gasteiger partial charge in [-0.15, -0.1) is 0 Å². The molecule has 0 fully saturated rings. The monoisotopic (exact) mass is 429 g/mol. The lowest BCUT2D eigenvalue weighted by Crippen LogP contribution is -2.30. The van der Waals surface area contributed by atoms with Crippen molar-refractivity contribution in [3.05, 3.63) is 69.6 Å². The number of halogens is 1. The second kappa shape index (κ2) is 7.07. The number of pyridine rings is 1. The van der Waals surface area contributed by atoms with Crippen molar-refractivity contribution in [1.82, 2.24) is 14.9 Å². The molecule has 0 amide bonds. The summed E-state index contributed by atoms with van der Waals surface area (Å²) in [6.45, 7) is 3.27. The van der Waals surface area contributed by atoms with Crippen LogP contribution in [-0.4, -0.2) is 34.5 Å². The standard InChI is InChI=1S/C20H20IN3/c21-19-7-6-18-20(23-19)17(14-22-18)16-9-12-24(13-10-16)11-8-15-4-2-1-3-5-15/h1-7,9,14,22H,8,10-13H2. The summed E-state index contributed by atoms with van der Waals surface area (Å²) in [6.07, 6.45) is 6.70. The number of aromatic amines is 1. The second-order valence-corrected chi connectivity index (χ2v) is 7.35. The first kappa shape index (κ1) is 15.8. The van der Waals surface area contributed by atoms with Gasteiger partial charge < -0.3 is 4.98 Å². The highest BCUT2D eigenvalue weighted by atomic mass is 127. The molecule has 1 aliphatic rings. The molecule has 0 unspecified atom stereocenters. The molecule has 24 heavy (non-hydrogen) atoms. The molecule has 0 saturated heterocycles. The first-order valence-corrected chi connectivity index (χ1v) is 9.47. The summed E-state index contributed by atoms with van der Waals surface area (Å²) in [5.74, 6) is 0. The van der Waals surface area contributed by atoms with Gasteiger partial charge in [0, 0.05) is 31.4 Å². The highest BCUT2D eigenvalue weighted by molar-refractivity contribution is 14.1. The van der Waals surface area contributed by atoms with Crippen LogP contribution in [0.5, 0.6) is 0 Å². The van der Waals surface area contributed by atoms with Crippen LogP contribution in [0.2, 0.25) is 0 Å². The van der Waals surface area contributed by atoms with Crippen LogP contribution in [0, 0.1) is 3.70 Å². The van der Waals surface area contributed by atoms with E-state index in [1.165, 1.54) is 16.7 Å². The van der Waals surface area contributed by atoms with Gasteiger partial charge in [0.1, 0.15) is 3.70 Å². The van der Waals surface area contributed by atoms with Crippen LogP contribution in [0.4, 0.5) is 0 Å². The van der Waals surface area contributed by atoms with Gasteiger partial charge in [0.05, 0.1) is 11.0 Å². The number of benzene rings is 1. The maximum atomic E-state index is 4.71.